The van der Waals surface area contributed by atoms with E-state index in [1.54, 1.807) is 18.7 Å². The SMILES string of the molecule is COc1ccc(Br)cc1-c1nc(Cn2nnc(C(=O)Nc3ccccc3)c2C)c(C)o1. The molecule has 8 nitrogen and oxygen atoms in total. The highest BCUT2D eigenvalue weighted by molar-refractivity contribution is 9.10. The molecule has 0 atom stereocenters. The van der Waals surface area contributed by atoms with E-state index >= 15 is 0 Å². The predicted molar refractivity (Wildman–Crippen MR) is 119 cm³/mol. The Hall–Kier alpha value is -3.46. The second-order valence-electron chi connectivity index (χ2n) is 6.87. The van der Waals surface area contributed by atoms with E-state index < -0.39 is 0 Å². The molecule has 0 spiro atoms. The van der Waals surface area contributed by atoms with Gasteiger partial charge >= 0.3 is 0 Å². The number of nitrogens with one attached hydrogen (secondary N) is 1. The molecule has 31 heavy (non-hydrogen) atoms. The number of para-hydroxylation sites is 1. The van der Waals surface area contributed by atoms with E-state index in [1.807, 2.05) is 55.5 Å². The van der Waals surface area contributed by atoms with Crippen LogP contribution >= 0.6 is 15.9 Å². The lowest BCUT2D eigenvalue weighted by molar-refractivity contribution is 0.102. The van der Waals surface area contributed by atoms with Gasteiger partial charge < -0.3 is 14.5 Å². The third-order valence-corrected chi connectivity index (χ3v) is 5.31. The van der Waals surface area contributed by atoms with Crippen LogP contribution in [0, 0.1) is 13.8 Å². The minimum Gasteiger partial charge on any atom is -0.496 e. The number of oxazole rings is 1. The van der Waals surface area contributed by atoms with Gasteiger partial charge in [0.25, 0.3) is 5.91 Å². The molecule has 1 N–H and O–H groups in total. The van der Waals surface area contributed by atoms with Gasteiger partial charge in [0.2, 0.25) is 5.89 Å². The number of benzene rings is 2. The highest BCUT2D eigenvalue weighted by Crippen LogP contribution is 2.33. The van der Waals surface area contributed by atoms with Gasteiger partial charge in [-0.2, -0.15) is 0 Å². The van der Waals surface area contributed by atoms with Crippen LogP contribution in [0.25, 0.3) is 11.5 Å². The molecule has 2 aromatic carbocycles. The van der Waals surface area contributed by atoms with Gasteiger partial charge in [-0.15, -0.1) is 5.10 Å². The van der Waals surface area contributed by atoms with Crippen LogP contribution in [0.4, 0.5) is 5.69 Å². The van der Waals surface area contributed by atoms with Gasteiger partial charge in [0.05, 0.1) is 24.9 Å². The van der Waals surface area contributed by atoms with Gasteiger partial charge in [-0.05, 0) is 44.2 Å². The summed E-state index contributed by atoms with van der Waals surface area (Å²) >= 11 is 3.47. The number of nitrogens with zero attached hydrogens (tertiary/aromatic N) is 4. The van der Waals surface area contributed by atoms with Crippen molar-refractivity contribution in [2.45, 2.75) is 20.4 Å². The number of hydrogen-bond donors (Lipinski definition) is 1. The maximum Gasteiger partial charge on any atom is 0.278 e. The van der Waals surface area contributed by atoms with Crippen molar-refractivity contribution in [2.24, 2.45) is 0 Å². The van der Waals surface area contributed by atoms with Crippen molar-refractivity contribution in [1.29, 1.82) is 0 Å². The molecule has 4 aromatic rings. The number of aryl methyl sites for hydroxylation is 1. The fraction of sp³-hybridized carbons (Fsp3) is 0.182. The van der Waals surface area contributed by atoms with Gasteiger partial charge in [0, 0.05) is 10.2 Å². The third-order valence-electron chi connectivity index (χ3n) is 4.81. The summed E-state index contributed by atoms with van der Waals surface area (Å²) in [6.45, 7) is 3.96. The molecule has 0 saturated carbocycles. The van der Waals surface area contributed by atoms with Gasteiger partial charge in [0.15, 0.2) is 5.69 Å². The smallest absolute Gasteiger partial charge is 0.278 e. The van der Waals surface area contributed by atoms with Crippen LogP contribution < -0.4 is 10.1 Å². The lowest BCUT2D eigenvalue weighted by Gasteiger charge is -2.05. The number of methoxy groups -OCH3 is 1. The Morgan fingerprint density at radius 2 is 1.97 bits per heavy atom. The summed E-state index contributed by atoms with van der Waals surface area (Å²) in [6, 6.07) is 14.8. The van der Waals surface area contributed by atoms with Crippen molar-refractivity contribution in [1.82, 2.24) is 20.0 Å². The molecule has 0 radical (unpaired) electrons. The van der Waals surface area contributed by atoms with Gasteiger partial charge in [0.1, 0.15) is 17.2 Å². The largest absolute Gasteiger partial charge is 0.496 e. The lowest BCUT2D eigenvalue weighted by Crippen LogP contribution is -2.14. The van der Waals surface area contributed by atoms with Gasteiger partial charge in [-0.1, -0.05) is 39.3 Å². The molecule has 4 rings (SSSR count). The van der Waals surface area contributed by atoms with Gasteiger partial charge in [-0.3, -0.25) is 4.79 Å². The predicted octanol–water partition coefficient (Wildman–Crippen LogP) is 4.62. The zero-order valence-electron chi connectivity index (χ0n) is 17.2. The molecular formula is C22H20BrN5O3. The van der Waals surface area contributed by atoms with Gasteiger partial charge in [-0.25, -0.2) is 9.67 Å². The monoisotopic (exact) mass is 481 g/mol. The van der Waals surface area contributed by atoms with Crippen molar-refractivity contribution in [2.75, 3.05) is 12.4 Å². The summed E-state index contributed by atoms with van der Waals surface area (Å²) < 4.78 is 13.8. The maximum absolute atomic E-state index is 12.6. The first-order valence-electron chi connectivity index (χ1n) is 9.53. The van der Waals surface area contributed by atoms with E-state index in [0.29, 0.717) is 41.0 Å². The summed E-state index contributed by atoms with van der Waals surface area (Å²) in [7, 11) is 1.60. The Kier molecular flexibility index (Phi) is 5.85. The summed E-state index contributed by atoms with van der Waals surface area (Å²) in [5.74, 6) is 1.45. The molecule has 9 heteroatoms. The fourth-order valence-corrected chi connectivity index (χ4v) is 3.47. The normalized spacial score (nSPS) is 10.8. The molecule has 2 aromatic heterocycles. The summed E-state index contributed by atoms with van der Waals surface area (Å²) in [5, 5.41) is 11.0. The Bertz CT molecular complexity index is 1230. The molecular weight excluding hydrogens is 462 g/mol. The Morgan fingerprint density at radius 3 is 2.71 bits per heavy atom. The minimum atomic E-state index is -0.314. The number of halogens is 1. The number of anilines is 1. The van der Waals surface area contributed by atoms with Crippen LogP contribution in [-0.4, -0.2) is 33.0 Å². The highest BCUT2D eigenvalue weighted by atomic mass is 79.9. The van der Waals surface area contributed by atoms with E-state index in [-0.39, 0.29) is 11.6 Å². The zero-order chi connectivity index (χ0) is 22.0. The maximum atomic E-state index is 12.6. The molecule has 2 heterocycles. The Morgan fingerprint density at radius 1 is 1.19 bits per heavy atom. The first kappa shape index (κ1) is 20.8. The van der Waals surface area contributed by atoms with Crippen molar-refractivity contribution >= 4 is 27.5 Å². The summed E-state index contributed by atoms with van der Waals surface area (Å²) in [4.78, 5) is 17.2. The topological polar surface area (TPSA) is 95.1 Å². The number of aromatic nitrogens is 4. The lowest BCUT2D eigenvalue weighted by atomic mass is 10.2. The van der Waals surface area contributed by atoms with Crippen molar-refractivity contribution < 1.29 is 13.9 Å². The van der Waals surface area contributed by atoms with Crippen LogP contribution in [0.15, 0.2) is 57.4 Å². The second-order valence-corrected chi connectivity index (χ2v) is 7.78. The average molecular weight is 482 g/mol. The van der Waals surface area contributed by atoms with Crippen LogP contribution in [0.2, 0.25) is 0 Å². The molecule has 0 bridgehead atoms. The summed E-state index contributed by atoms with van der Waals surface area (Å²) in [5.41, 5.74) is 3.03. The van der Waals surface area contributed by atoms with Crippen LogP contribution in [-0.2, 0) is 6.54 Å². The number of hydrogen-bond acceptors (Lipinski definition) is 6. The molecule has 0 aliphatic rings. The van der Waals surface area contributed by atoms with Crippen LogP contribution in [0.1, 0.15) is 27.6 Å². The standard InChI is InChI=1S/C22H20BrN5O3/c1-13-20(21(29)24-16-7-5-4-6-8-16)26-27-28(13)12-18-14(2)31-22(25-18)17-11-15(23)9-10-19(17)30-3/h4-11H,12H2,1-3H3,(H,24,29). The number of amides is 1. The van der Waals surface area contributed by atoms with E-state index in [1.165, 1.54) is 0 Å². The van der Waals surface area contributed by atoms with E-state index in [4.69, 9.17) is 9.15 Å². The average Bonchev–Trinajstić information content (AvgIpc) is 3.31. The number of ether oxygens (including phenoxy) is 1. The number of carbonyl (C=O) groups is 1. The molecule has 0 saturated heterocycles. The fourth-order valence-electron chi connectivity index (χ4n) is 3.11. The second kappa shape index (κ2) is 8.73. The molecule has 0 aliphatic heterocycles. The molecule has 0 fully saturated rings. The van der Waals surface area contributed by atoms with E-state index in [9.17, 15) is 4.79 Å². The van der Waals surface area contributed by atoms with E-state index in [2.05, 4.69) is 36.5 Å². The van der Waals surface area contributed by atoms with Crippen molar-refractivity contribution in [3.05, 3.63) is 75.8 Å². The van der Waals surface area contributed by atoms with E-state index in [0.717, 1.165) is 10.0 Å². The molecule has 0 aliphatic carbocycles. The minimum absolute atomic E-state index is 0.263. The molecule has 0 unspecified atom stereocenters. The van der Waals surface area contributed by atoms with Crippen molar-refractivity contribution in [3.8, 4) is 17.2 Å². The highest BCUT2D eigenvalue weighted by Gasteiger charge is 2.20. The Labute approximate surface area is 187 Å². The number of carbonyl (C=O) groups excluding carboxylic acids is 1. The van der Waals surface area contributed by atoms with Crippen LogP contribution in [0.3, 0.4) is 0 Å². The Balaban J connectivity index is 1.57. The van der Waals surface area contributed by atoms with Crippen LogP contribution in [0.5, 0.6) is 5.75 Å². The van der Waals surface area contributed by atoms with Crippen molar-refractivity contribution in [3.63, 3.8) is 0 Å². The third kappa shape index (κ3) is 4.36. The first-order chi connectivity index (χ1) is 15.0. The molecule has 158 valence electrons. The quantitative estimate of drug-likeness (QED) is 0.431. The number of rotatable bonds is 6. The summed E-state index contributed by atoms with van der Waals surface area (Å²) in [6.07, 6.45) is 0. The first-order valence-corrected chi connectivity index (χ1v) is 10.3. The zero-order valence-corrected chi connectivity index (χ0v) is 18.8. The molecule has 1 amide bonds.